The van der Waals surface area contributed by atoms with E-state index in [1.165, 1.54) is 11.1 Å². The predicted molar refractivity (Wildman–Crippen MR) is 105 cm³/mol. The Morgan fingerprint density at radius 1 is 1.17 bits per heavy atom. The summed E-state index contributed by atoms with van der Waals surface area (Å²) in [5, 5.41) is 0. The van der Waals surface area contributed by atoms with E-state index in [1.54, 1.807) is 0 Å². The Labute approximate surface area is 169 Å². The van der Waals surface area contributed by atoms with Gasteiger partial charge in [0.1, 0.15) is 5.76 Å². The molecule has 5 nitrogen and oxygen atoms in total. The molecular formula is C20H27F3O5S. The lowest BCUT2D eigenvalue weighted by atomic mass is 9.98. The van der Waals surface area contributed by atoms with Crippen molar-refractivity contribution in [1.29, 1.82) is 0 Å². The molecule has 0 aliphatic heterocycles. The second-order valence-corrected chi connectivity index (χ2v) is 8.86. The molecule has 1 heterocycles. The monoisotopic (exact) mass is 436 g/mol. The summed E-state index contributed by atoms with van der Waals surface area (Å²) in [7, 11) is -5.84. The maximum atomic E-state index is 12.4. The van der Waals surface area contributed by atoms with Crippen molar-refractivity contribution < 1.29 is 30.2 Å². The van der Waals surface area contributed by atoms with Gasteiger partial charge in [-0.3, -0.25) is 0 Å². The summed E-state index contributed by atoms with van der Waals surface area (Å²) in [5.74, 6) is -0.577. The van der Waals surface area contributed by atoms with Gasteiger partial charge in [-0.15, -0.1) is 0 Å². The van der Waals surface area contributed by atoms with Crippen LogP contribution in [0.3, 0.4) is 0 Å². The van der Waals surface area contributed by atoms with E-state index in [0.29, 0.717) is 6.07 Å². The van der Waals surface area contributed by atoms with Crippen LogP contribution in [0.4, 0.5) is 13.2 Å². The van der Waals surface area contributed by atoms with Gasteiger partial charge in [0.15, 0.2) is 5.75 Å². The third-order valence-electron chi connectivity index (χ3n) is 4.08. The minimum atomic E-state index is -5.84. The zero-order chi connectivity index (χ0) is 22.2. The van der Waals surface area contributed by atoms with Gasteiger partial charge in [-0.2, -0.15) is 21.6 Å². The summed E-state index contributed by atoms with van der Waals surface area (Å²) in [6.07, 6.45) is 8.13. The fraction of sp³-hybridized carbons (Fsp3) is 0.550. The van der Waals surface area contributed by atoms with Gasteiger partial charge in [-0.1, -0.05) is 30.2 Å². The van der Waals surface area contributed by atoms with E-state index in [9.17, 15) is 26.4 Å². The van der Waals surface area contributed by atoms with Gasteiger partial charge in [0.05, 0.1) is 6.07 Å². The van der Waals surface area contributed by atoms with E-state index in [-0.39, 0.29) is 18.1 Å². The summed E-state index contributed by atoms with van der Waals surface area (Å²) >= 11 is 0. The van der Waals surface area contributed by atoms with E-state index < -0.39 is 27.0 Å². The fourth-order valence-electron chi connectivity index (χ4n) is 2.58. The maximum Gasteiger partial charge on any atom is 0.534 e. The Balaban J connectivity index is 2.68. The molecule has 0 unspecified atom stereocenters. The van der Waals surface area contributed by atoms with Crippen LogP contribution in [0, 0.1) is 5.92 Å². The molecule has 0 saturated carbocycles. The molecule has 0 aliphatic rings. The van der Waals surface area contributed by atoms with Gasteiger partial charge in [-0.05, 0) is 52.4 Å². The first kappa shape index (κ1) is 25.0. The number of alkyl halides is 3. The van der Waals surface area contributed by atoms with Crippen molar-refractivity contribution in [3.8, 4) is 5.75 Å². The Hall–Kier alpha value is -2.03. The van der Waals surface area contributed by atoms with E-state index >= 15 is 0 Å². The average molecular weight is 436 g/mol. The minimum Gasteiger partial charge on any atom is -0.428 e. The van der Waals surface area contributed by atoms with Crippen LogP contribution in [0.5, 0.6) is 5.75 Å². The van der Waals surface area contributed by atoms with Crippen molar-refractivity contribution >= 4 is 10.1 Å². The van der Waals surface area contributed by atoms with Crippen LogP contribution in [0.1, 0.15) is 59.1 Å². The van der Waals surface area contributed by atoms with Crippen LogP contribution < -0.4 is 9.81 Å². The molecule has 1 rings (SSSR count). The highest BCUT2D eigenvalue weighted by Crippen LogP contribution is 2.27. The van der Waals surface area contributed by atoms with Gasteiger partial charge in [0, 0.05) is 12.5 Å². The highest BCUT2D eigenvalue weighted by molar-refractivity contribution is 7.88. The van der Waals surface area contributed by atoms with Crippen LogP contribution in [-0.4, -0.2) is 13.9 Å². The average Bonchev–Trinajstić information content (AvgIpc) is 2.52. The van der Waals surface area contributed by atoms with Crippen molar-refractivity contribution in [2.45, 2.75) is 65.3 Å². The Bertz CT molecular complexity index is 891. The quantitative estimate of drug-likeness (QED) is 0.274. The topological polar surface area (TPSA) is 73.6 Å². The summed E-state index contributed by atoms with van der Waals surface area (Å²) in [6, 6.07) is 1.57. The molecule has 1 atom stereocenters. The van der Waals surface area contributed by atoms with Crippen LogP contribution in [0.15, 0.2) is 44.6 Å². The number of hydrogen-bond acceptors (Lipinski definition) is 5. The Morgan fingerprint density at radius 2 is 1.83 bits per heavy atom. The van der Waals surface area contributed by atoms with Crippen molar-refractivity contribution in [3.63, 3.8) is 0 Å². The van der Waals surface area contributed by atoms with E-state index in [2.05, 4.69) is 37.1 Å². The van der Waals surface area contributed by atoms with Crippen LogP contribution in [0.25, 0.3) is 0 Å². The lowest BCUT2D eigenvalue weighted by Crippen LogP contribution is -2.28. The molecule has 164 valence electrons. The number of halogens is 3. The van der Waals surface area contributed by atoms with Crippen molar-refractivity contribution in [2.24, 2.45) is 5.92 Å². The third-order valence-corrected chi connectivity index (χ3v) is 5.06. The van der Waals surface area contributed by atoms with Crippen LogP contribution >= 0.6 is 0 Å². The number of hydrogen-bond donors (Lipinski definition) is 0. The summed E-state index contributed by atoms with van der Waals surface area (Å²) in [5.41, 5.74) is -4.00. The smallest absolute Gasteiger partial charge is 0.428 e. The second kappa shape index (κ2) is 10.7. The first-order valence-electron chi connectivity index (χ1n) is 9.24. The summed E-state index contributed by atoms with van der Waals surface area (Å²) in [6.45, 7) is 8.08. The van der Waals surface area contributed by atoms with Crippen molar-refractivity contribution in [1.82, 2.24) is 0 Å². The highest BCUT2D eigenvalue weighted by atomic mass is 32.2. The number of allylic oxidation sites excluding steroid dienone is 4. The fourth-order valence-corrected chi connectivity index (χ4v) is 3.02. The van der Waals surface area contributed by atoms with E-state index in [0.717, 1.165) is 31.7 Å². The molecule has 0 N–H and O–H groups in total. The molecule has 0 bridgehead atoms. The molecule has 0 aromatic carbocycles. The molecule has 0 spiro atoms. The minimum absolute atomic E-state index is 0.0643. The second-order valence-electron chi connectivity index (χ2n) is 7.32. The summed E-state index contributed by atoms with van der Waals surface area (Å²) in [4.78, 5) is 11.5. The summed E-state index contributed by atoms with van der Waals surface area (Å²) < 4.78 is 68.4. The lowest BCUT2D eigenvalue weighted by molar-refractivity contribution is -0.0500. The first-order valence-corrected chi connectivity index (χ1v) is 10.6. The molecule has 29 heavy (non-hydrogen) atoms. The van der Waals surface area contributed by atoms with Crippen LogP contribution in [-0.2, 0) is 16.5 Å². The standard InChI is InChI=1S/C20H27F3O5S/c1-14(2)7-5-8-15(3)9-6-10-16(4)11-17-12-18(13-19(24)27-17)28-29(25,26)20(21,22)23/h7,9,12-13,16H,5-6,8,10-11H2,1-4H3/b15-9+/t16-/m0/s1. The number of rotatable bonds is 10. The molecule has 0 amide bonds. The molecule has 0 saturated heterocycles. The Morgan fingerprint density at radius 3 is 2.41 bits per heavy atom. The molecule has 1 aromatic heterocycles. The molecule has 0 radical (unpaired) electrons. The van der Waals surface area contributed by atoms with Gasteiger partial charge < -0.3 is 8.60 Å². The third kappa shape index (κ3) is 9.34. The van der Waals surface area contributed by atoms with Gasteiger partial charge >= 0.3 is 21.3 Å². The predicted octanol–water partition coefficient (Wildman–Crippen LogP) is 5.52. The molecular weight excluding hydrogens is 409 g/mol. The van der Waals surface area contributed by atoms with Gasteiger partial charge in [0.2, 0.25) is 0 Å². The molecule has 0 aliphatic carbocycles. The van der Waals surface area contributed by atoms with Gasteiger partial charge in [0.25, 0.3) is 0 Å². The zero-order valence-electron chi connectivity index (χ0n) is 17.0. The maximum absolute atomic E-state index is 12.4. The lowest BCUT2D eigenvalue weighted by Gasteiger charge is -2.12. The van der Waals surface area contributed by atoms with Gasteiger partial charge in [-0.25, -0.2) is 4.79 Å². The van der Waals surface area contributed by atoms with Crippen molar-refractivity contribution in [3.05, 3.63) is 51.6 Å². The highest BCUT2D eigenvalue weighted by Gasteiger charge is 2.48. The normalized spacial score (nSPS) is 13.8. The molecule has 0 fully saturated rings. The van der Waals surface area contributed by atoms with E-state index in [1.807, 2.05) is 6.92 Å². The first-order chi connectivity index (χ1) is 13.3. The van der Waals surface area contributed by atoms with Crippen LogP contribution in [0.2, 0.25) is 0 Å². The Kier molecular flexibility index (Phi) is 9.19. The zero-order valence-corrected chi connectivity index (χ0v) is 17.8. The SMILES string of the molecule is CC(C)=CCC/C(C)=C/CC[C@H](C)Cc1cc(OS(=O)(=O)C(F)(F)F)cc(=O)o1. The molecule has 1 aromatic rings. The largest absolute Gasteiger partial charge is 0.534 e. The molecule has 9 heteroatoms. The van der Waals surface area contributed by atoms with Crippen molar-refractivity contribution in [2.75, 3.05) is 0 Å². The van der Waals surface area contributed by atoms with E-state index in [4.69, 9.17) is 4.42 Å².